The summed E-state index contributed by atoms with van der Waals surface area (Å²) in [7, 11) is 1.14. The third-order valence-corrected chi connectivity index (χ3v) is 6.27. The van der Waals surface area contributed by atoms with E-state index in [0.29, 0.717) is 0 Å². The Labute approximate surface area is 127 Å². The molecule has 1 atom stereocenters. The summed E-state index contributed by atoms with van der Waals surface area (Å²) in [5.41, 5.74) is 0.441. The predicted molar refractivity (Wildman–Crippen MR) is 82.4 cm³/mol. The summed E-state index contributed by atoms with van der Waals surface area (Å²) in [5.74, 6) is -0.435. The summed E-state index contributed by atoms with van der Waals surface area (Å²) in [5, 5.41) is 0. The molecule has 0 saturated heterocycles. The molecule has 1 unspecified atom stereocenters. The molecule has 1 aromatic rings. The van der Waals surface area contributed by atoms with Gasteiger partial charge in [-0.25, -0.2) is 12.7 Å². The standard InChI is InChI=1S/C13H17BrN2O3S/c1-13(8-20(18,19)15(2)3)10-7-9(14)5-6-11(10)16(4)12(13)17/h5-7H,8H2,1-4H3. The van der Waals surface area contributed by atoms with Crippen LogP contribution in [0.15, 0.2) is 22.7 Å². The van der Waals surface area contributed by atoms with Gasteiger partial charge in [0.15, 0.2) is 0 Å². The molecule has 0 aliphatic carbocycles. The topological polar surface area (TPSA) is 57.7 Å². The molecule has 1 aromatic carbocycles. The van der Waals surface area contributed by atoms with Gasteiger partial charge in [0.05, 0.1) is 11.2 Å². The van der Waals surface area contributed by atoms with Crippen LogP contribution in [0.3, 0.4) is 0 Å². The zero-order valence-electron chi connectivity index (χ0n) is 11.8. The van der Waals surface area contributed by atoms with Gasteiger partial charge in [0.25, 0.3) is 0 Å². The average molecular weight is 361 g/mol. The molecule has 0 bridgehead atoms. The molecule has 20 heavy (non-hydrogen) atoms. The van der Waals surface area contributed by atoms with Crippen molar-refractivity contribution in [3.8, 4) is 0 Å². The van der Waals surface area contributed by atoms with E-state index in [4.69, 9.17) is 0 Å². The van der Waals surface area contributed by atoms with E-state index in [1.807, 2.05) is 18.2 Å². The van der Waals surface area contributed by atoms with Crippen LogP contribution in [-0.2, 0) is 20.2 Å². The van der Waals surface area contributed by atoms with Crippen molar-refractivity contribution in [2.45, 2.75) is 12.3 Å². The van der Waals surface area contributed by atoms with Crippen molar-refractivity contribution in [1.29, 1.82) is 0 Å². The minimum Gasteiger partial charge on any atom is -0.314 e. The Hall–Kier alpha value is -0.920. The second-order valence-electron chi connectivity index (χ2n) is 5.40. The first-order valence-corrected chi connectivity index (χ1v) is 8.48. The highest BCUT2D eigenvalue weighted by Gasteiger charge is 2.49. The zero-order valence-corrected chi connectivity index (χ0v) is 14.2. The first-order chi connectivity index (χ1) is 9.09. The molecule has 0 spiro atoms. The molecule has 0 aromatic heterocycles. The van der Waals surface area contributed by atoms with Crippen LogP contribution in [0.2, 0.25) is 0 Å². The van der Waals surface area contributed by atoms with E-state index in [1.165, 1.54) is 19.0 Å². The summed E-state index contributed by atoms with van der Waals surface area (Å²) < 4.78 is 26.3. The second kappa shape index (κ2) is 4.82. The highest BCUT2D eigenvalue weighted by atomic mass is 79.9. The van der Waals surface area contributed by atoms with E-state index in [-0.39, 0.29) is 11.7 Å². The molecule has 0 fully saturated rings. The van der Waals surface area contributed by atoms with E-state index in [2.05, 4.69) is 15.9 Å². The van der Waals surface area contributed by atoms with Gasteiger partial charge in [-0.2, -0.15) is 0 Å². The number of sulfonamides is 1. The minimum atomic E-state index is -3.48. The molecule has 0 saturated carbocycles. The van der Waals surface area contributed by atoms with Crippen LogP contribution in [0.1, 0.15) is 12.5 Å². The Balaban J connectivity index is 2.58. The van der Waals surface area contributed by atoms with Crippen molar-refractivity contribution in [1.82, 2.24) is 4.31 Å². The number of carbonyl (C=O) groups is 1. The number of carbonyl (C=O) groups excluding carboxylic acids is 1. The van der Waals surface area contributed by atoms with Crippen molar-refractivity contribution in [3.63, 3.8) is 0 Å². The lowest BCUT2D eigenvalue weighted by Crippen LogP contribution is -2.44. The molecule has 0 N–H and O–H groups in total. The van der Waals surface area contributed by atoms with E-state index in [1.54, 1.807) is 14.0 Å². The fourth-order valence-corrected chi connectivity index (χ4v) is 4.10. The van der Waals surface area contributed by atoms with Gasteiger partial charge < -0.3 is 4.90 Å². The van der Waals surface area contributed by atoms with Crippen molar-refractivity contribution < 1.29 is 13.2 Å². The molecule has 7 heteroatoms. The number of amides is 1. The Morgan fingerprint density at radius 2 is 1.95 bits per heavy atom. The van der Waals surface area contributed by atoms with Gasteiger partial charge in [-0.05, 0) is 30.7 Å². The Kier molecular flexibility index (Phi) is 3.73. The number of halogens is 1. The number of likely N-dealkylation sites (N-methyl/N-ethyl adjacent to an activating group) is 1. The maximum absolute atomic E-state index is 12.5. The van der Waals surface area contributed by atoms with Gasteiger partial charge in [0, 0.05) is 31.3 Å². The van der Waals surface area contributed by atoms with Crippen LogP contribution in [0, 0.1) is 0 Å². The minimum absolute atomic E-state index is 0.198. The van der Waals surface area contributed by atoms with Gasteiger partial charge in [-0.1, -0.05) is 15.9 Å². The third kappa shape index (κ3) is 2.27. The highest BCUT2D eigenvalue weighted by Crippen LogP contribution is 2.43. The first kappa shape index (κ1) is 15.5. The molecule has 1 aliphatic rings. The van der Waals surface area contributed by atoms with Gasteiger partial charge in [0.2, 0.25) is 15.9 Å². The van der Waals surface area contributed by atoms with Gasteiger partial charge in [0.1, 0.15) is 0 Å². The molecular formula is C13H17BrN2O3S. The van der Waals surface area contributed by atoms with Crippen molar-refractivity contribution >= 4 is 37.5 Å². The molecular weight excluding hydrogens is 344 g/mol. The lowest BCUT2D eigenvalue weighted by atomic mass is 9.86. The Morgan fingerprint density at radius 1 is 1.35 bits per heavy atom. The molecule has 5 nitrogen and oxygen atoms in total. The molecule has 0 radical (unpaired) electrons. The molecule has 2 rings (SSSR count). The monoisotopic (exact) mass is 360 g/mol. The number of nitrogens with zero attached hydrogens (tertiary/aromatic N) is 2. The smallest absolute Gasteiger partial charge is 0.238 e. The van der Waals surface area contributed by atoms with Crippen LogP contribution in [0.25, 0.3) is 0 Å². The second-order valence-corrected chi connectivity index (χ2v) is 8.49. The number of fused-ring (bicyclic) bond motifs is 1. The first-order valence-electron chi connectivity index (χ1n) is 6.08. The number of hydrogen-bond acceptors (Lipinski definition) is 3. The van der Waals surface area contributed by atoms with Crippen molar-refractivity contribution in [3.05, 3.63) is 28.2 Å². The third-order valence-electron chi connectivity index (χ3n) is 3.72. The summed E-state index contributed by atoms with van der Waals surface area (Å²) in [6.45, 7) is 1.69. The van der Waals surface area contributed by atoms with Crippen LogP contribution < -0.4 is 4.90 Å². The van der Waals surface area contributed by atoms with Gasteiger partial charge in [-0.3, -0.25) is 4.79 Å². The summed E-state index contributed by atoms with van der Waals surface area (Å²) in [4.78, 5) is 14.0. The molecule has 110 valence electrons. The lowest BCUT2D eigenvalue weighted by Gasteiger charge is -2.25. The fraction of sp³-hybridized carbons (Fsp3) is 0.462. The fourth-order valence-electron chi connectivity index (χ4n) is 2.47. The molecule has 1 aliphatic heterocycles. The van der Waals surface area contributed by atoms with E-state index < -0.39 is 15.4 Å². The summed E-state index contributed by atoms with van der Waals surface area (Å²) in [6, 6.07) is 5.49. The van der Waals surface area contributed by atoms with Crippen LogP contribution in [0.5, 0.6) is 0 Å². The van der Waals surface area contributed by atoms with Crippen molar-refractivity contribution in [2.24, 2.45) is 0 Å². The number of benzene rings is 1. The SMILES string of the molecule is CN1C(=O)C(C)(CS(=O)(=O)N(C)C)c2cc(Br)ccc21. The van der Waals surface area contributed by atoms with Crippen molar-refractivity contribution in [2.75, 3.05) is 31.8 Å². The lowest BCUT2D eigenvalue weighted by molar-refractivity contribution is -0.121. The number of hydrogen-bond donors (Lipinski definition) is 0. The van der Waals surface area contributed by atoms with E-state index >= 15 is 0 Å². The maximum Gasteiger partial charge on any atom is 0.238 e. The number of anilines is 1. The largest absolute Gasteiger partial charge is 0.314 e. The quantitative estimate of drug-likeness (QED) is 0.821. The van der Waals surface area contributed by atoms with Crippen LogP contribution in [-0.4, -0.2) is 45.5 Å². The number of rotatable bonds is 3. The summed E-state index contributed by atoms with van der Waals surface area (Å²) >= 11 is 3.38. The molecule has 1 heterocycles. The summed E-state index contributed by atoms with van der Waals surface area (Å²) in [6.07, 6.45) is 0. The van der Waals surface area contributed by atoms with Crippen LogP contribution >= 0.6 is 15.9 Å². The van der Waals surface area contributed by atoms with Crippen LogP contribution in [0.4, 0.5) is 5.69 Å². The molecule has 1 amide bonds. The van der Waals surface area contributed by atoms with Gasteiger partial charge in [-0.15, -0.1) is 0 Å². The Morgan fingerprint density at radius 3 is 2.50 bits per heavy atom. The van der Waals surface area contributed by atoms with E-state index in [0.717, 1.165) is 20.0 Å². The Bertz CT molecular complexity index is 672. The van der Waals surface area contributed by atoms with E-state index in [9.17, 15) is 13.2 Å². The highest BCUT2D eigenvalue weighted by molar-refractivity contribution is 9.10. The predicted octanol–water partition coefficient (Wildman–Crippen LogP) is 1.57. The maximum atomic E-state index is 12.5. The normalized spacial score (nSPS) is 22.5. The van der Waals surface area contributed by atoms with Gasteiger partial charge >= 0.3 is 0 Å². The zero-order chi connectivity index (χ0) is 15.3. The average Bonchev–Trinajstić information content (AvgIpc) is 2.51.